The van der Waals surface area contributed by atoms with E-state index >= 15 is 0 Å². The zero-order valence-electron chi connectivity index (χ0n) is 8.79. The second-order valence-corrected chi connectivity index (χ2v) is 5.40. The monoisotopic (exact) mass is 374 g/mol. The van der Waals surface area contributed by atoms with Crippen LogP contribution in [0.25, 0.3) is 0 Å². The normalized spacial score (nSPS) is 10.3. The Morgan fingerprint density at radius 3 is 2.41 bits per heavy atom. The maximum atomic E-state index is 5.79. The summed E-state index contributed by atoms with van der Waals surface area (Å²) in [5, 5.41) is 0. The van der Waals surface area contributed by atoms with Gasteiger partial charge in [-0.05, 0) is 45.8 Å². The van der Waals surface area contributed by atoms with Gasteiger partial charge in [0.1, 0.15) is 11.5 Å². The molecule has 0 saturated heterocycles. The molecule has 0 aliphatic carbocycles. The highest BCUT2D eigenvalue weighted by atomic mass is 79.9. The van der Waals surface area contributed by atoms with Crippen LogP contribution >= 0.6 is 43.5 Å². The molecule has 2 aromatic rings. The van der Waals surface area contributed by atoms with Gasteiger partial charge in [0, 0.05) is 10.4 Å². The largest absolute Gasteiger partial charge is 0.456 e. The van der Waals surface area contributed by atoms with E-state index in [1.807, 2.05) is 42.5 Å². The molecule has 0 aliphatic rings. The maximum absolute atomic E-state index is 5.79. The standard InChI is InChI=1S/C13H9Br2ClO/c14-11-3-1-2-4-13(11)17-10-6-5-9(8-16)12(15)7-10/h1-7H,8H2. The molecular formula is C13H9Br2ClO. The third-order valence-corrected chi connectivity index (χ3v) is 3.91. The summed E-state index contributed by atoms with van der Waals surface area (Å²) in [6, 6.07) is 13.5. The molecule has 4 heteroatoms. The zero-order chi connectivity index (χ0) is 12.3. The van der Waals surface area contributed by atoms with Crippen molar-refractivity contribution in [1.82, 2.24) is 0 Å². The van der Waals surface area contributed by atoms with Crippen LogP contribution in [0.3, 0.4) is 0 Å². The number of alkyl halides is 1. The lowest BCUT2D eigenvalue weighted by atomic mass is 10.2. The number of hydrogen-bond acceptors (Lipinski definition) is 1. The molecule has 0 atom stereocenters. The number of ether oxygens (including phenoxy) is 1. The fourth-order valence-electron chi connectivity index (χ4n) is 1.35. The Balaban J connectivity index is 2.25. The minimum absolute atomic E-state index is 0.482. The van der Waals surface area contributed by atoms with E-state index in [2.05, 4.69) is 31.9 Å². The minimum Gasteiger partial charge on any atom is -0.456 e. The van der Waals surface area contributed by atoms with Gasteiger partial charge in [0.2, 0.25) is 0 Å². The van der Waals surface area contributed by atoms with Crippen molar-refractivity contribution in [3.63, 3.8) is 0 Å². The van der Waals surface area contributed by atoms with Crippen LogP contribution in [0.4, 0.5) is 0 Å². The molecule has 1 nitrogen and oxygen atoms in total. The summed E-state index contributed by atoms with van der Waals surface area (Å²) in [6.45, 7) is 0. The lowest BCUT2D eigenvalue weighted by molar-refractivity contribution is 0.479. The molecule has 2 rings (SSSR count). The number of benzene rings is 2. The van der Waals surface area contributed by atoms with E-state index in [-0.39, 0.29) is 0 Å². The van der Waals surface area contributed by atoms with Crippen LogP contribution in [0, 0.1) is 0 Å². The molecule has 0 aliphatic heterocycles. The number of para-hydroxylation sites is 1. The van der Waals surface area contributed by atoms with Gasteiger partial charge in [0.05, 0.1) is 4.47 Å². The first-order valence-corrected chi connectivity index (χ1v) is 7.09. The fourth-order valence-corrected chi connectivity index (χ4v) is 2.61. The number of rotatable bonds is 3. The number of hydrogen-bond donors (Lipinski definition) is 0. The van der Waals surface area contributed by atoms with Crippen molar-refractivity contribution in [2.75, 3.05) is 0 Å². The van der Waals surface area contributed by atoms with E-state index < -0.39 is 0 Å². The van der Waals surface area contributed by atoms with Crippen molar-refractivity contribution in [1.29, 1.82) is 0 Å². The number of halogens is 3. The molecule has 0 heterocycles. The van der Waals surface area contributed by atoms with Crippen molar-refractivity contribution < 1.29 is 4.74 Å². The quantitative estimate of drug-likeness (QED) is 0.621. The third kappa shape index (κ3) is 3.24. The molecule has 0 unspecified atom stereocenters. The topological polar surface area (TPSA) is 9.23 Å². The van der Waals surface area contributed by atoms with Crippen LogP contribution in [-0.2, 0) is 5.88 Å². The van der Waals surface area contributed by atoms with Crippen LogP contribution in [0.5, 0.6) is 11.5 Å². The highest BCUT2D eigenvalue weighted by Gasteiger charge is 2.04. The van der Waals surface area contributed by atoms with Gasteiger partial charge >= 0.3 is 0 Å². The third-order valence-electron chi connectivity index (χ3n) is 2.23. The summed E-state index contributed by atoms with van der Waals surface area (Å²) in [5.41, 5.74) is 1.05. The molecule has 0 N–H and O–H groups in total. The molecule has 2 aromatic carbocycles. The Labute approximate surface area is 122 Å². The van der Waals surface area contributed by atoms with E-state index in [9.17, 15) is 0 Å². The molecular weight excluding hydrogens is 367 g/mol. The van der Waals surface area contributed by atoms with E-state index in [1.54, 1.807) is 0 Å². The summed E-state index contributed by atoms with van der Waals surface area (Å²) in [6.07, 6.45) is 0. The van der Waals surface area contributed by atoms with Crippen LogP contribution in [-0.4, -0.2) is 0 Å². The Hall–Kier alpha value is -0.510. The highest BCUT2D eigenvalue weighted by molar-refractivity contribution is 9.10. The SMILES string of the molecule is ClCc1ccc(Oc2ccccc2Br)cc1Br. The average Bonchev–Trinajstić information content (AvgIpc) is 2.32. The van der Waals surface area contributed by atoms with Gasteiger partial charge in [-0.15, -0.1) is 11.6 Å². The zero-order valence-corrected chi connectivity index (χ0v) is 12.7. The first-order chi connectivity index (χ1) is 8.20. The molecule has 0 radical (unpaired) electrons. The predicted octanol–water partition coefficient (Wildman–Crippen LogP) is 5.74. The van der Waals surface area contributed by atoms with E-state index in [0.717, 1.165) is 26.0 Å². The lowest BCUT2D eigenvalue weighted by Gasteiger charge is -2.09. The van der Waals surface area contributed by atoms with Gasteiger partial charge in [0.25, 0.3) is 0 Å². The molecule has 0 spiro atoms. The summed E-state index contributed by atoms with van der Waals surface area (Å²) < 4.78 is 7.65. The van der Waals surface area contributed by atoms with Crippen molar-refractivity contribution in [2.24, 2.45) is 0 Å². The van der Waals surface area contributed by atoms with Crippen LogP contribution in [0.2, 0.25) is 0 Å². The Bertz CT molecular complexity index is 529. The second-order valence-electron chi connectivity index (χ2n) is 3.42. The van der Waals surface area contributed by atoms with Crippen molar-refractivity contribution in [3.8, 4) is 11.5 Å². The van der Waals surface area contributed by atoms with Crippen LogP contribution in [0.1, 0.15) is 5.56 Å². The molecule has 0 saturated carbocycles. The Morgan fingerprint density at radius 1 is 1.00 bits per heavy atom. The van der Waals surface area contributed by atoms with E-state index in [0.29, 0.717) is 5.88 Å². The summed E-state index contributed by atoms with van der Waals surface area (Å²) in [4.78, 5) is 0. The van der Waals surface area contributed by atoms with Gasteiger partial charge < -0.3 is 4.74 Å². The molecule has 0 fully saturated rings. The van der Waals surface area contributed by atoms with Crippen LogP contribution in [0.15, 0.2) is 51.4 Å². The predicted molar refractivity (Wildman–Crippen MR) is 77.9 cm³/mol. The van der Waals surface area contributed by atoms with Crippen molar-refractivity contribution >= 4 is 43.5 Å². The summed E-state index contributed by atoms with van der Waals surface area (Å²) >= 11 is 12.7. The first-order valence-electron chi connectivity index (χ1n) is 4.97. The maximum Gasteiger partial charge on any atom is 0.141 e. The lowest BCUT2D eigenvalue weighted by Crippen LogP contribution is -1.87. The van der Waals surface area contributed by atoms with Gasteiger partial charge in [0.15, 0.2) is 0 Å². The Kier molecular flexibility index (Phi) is 4.48. The summed E-state index contributed by atoms with van der Waals surface area (Å²) in [5.74, 6) is 2.05. The second kappa shape index (κ2) is 5.89. The van der Waals surface area contributed by atoms with Gasteiger partial charge in [-0.2, -0.15) is 0 Å². The highest BCUT2D eigenvalue weighted by Crippen LogP contribution is 2.31. The van der Waals surface area contributed by atoms with E-state index in [4.69, 9.17) is 16.3 Å². The molecule has 88 valence electrons. The molecule has 17 heavy (non-hydrogen) atoms. The smallest absolute Gasteiger partial charge is 0.141 e. The van der Waals surface area contributed by atoms with Crippen LogP contribution < -0.4 is 4.74 Å². The van der Waals surface area contributed by atoms with Gasteiger partial charge in [-0.25, -0.2) is 0 Å². The van der Waals surface area contributed by atoms with Gasteiger partial charge in [-0.1, -0.05) is 34.1 Å². The fraction of sp³-hybridized carbons (Fsp3) is 0.0769. The molecule has 0 bridgehead atoms. The van der Waals surface area contributed by atoms with Crippen molar-refractivity contribution in [3.05, 3.63) is 57.0 Å². The van der Waals surface area contributed by atoms with Crippen molar-refractivity contribution in [2.45, 2.75) is 5.88 Å². The minimum atomic E-state index is 0.482. The van der Waals surface area contributed by atoms with E-state index in [1.165, 1.54) is 0 Å². The molecule has 0 aromatic heterocycles. The Morgan fingerprint density at radius 2 is 1.76 bits per heavy atom. The first kappa shape index (κ1) is 12.9. The molecule has 0 amide bonds. The van der Waals surface area contributed by atoms with Gasteiger partial charge in [-0.3, -0.25) is 0 Å². The average molecular weight is 376 g/mol. The summed E-state index contributed by atoms with van der Waals surface area (Å²) in [7, 11) is 0.